The Morgan fingerprint density at radius 1 is 1.23 bits per heavy atom. The Morgan fingerprint density at radius 3 is 2.54 bits per heavy atom. The molecule has 0 aliphatic heterocycles. The Labute approximate surface area is 91.5 Å². The highest BCUT2D eigenvalue weighted by molar-refractivity contribution is 6.25. The van der Waals surface area contributed by atoms with Crippen LogP contribution in [-0.2, 0) is 0 Å². The summed E-state index contributed by atoms with van der Waals surface area (Å²) in [5.74, 6) is 0.793. The molecule has 0 spiro atoms. The molecule has 1 nitrogen and oxygen atoms in total. The molecule has 0 bridgehead atoms. The number of hydrogen-bond donors (Lipinski definition) is 1. The molecular weight excluding hydrogens is 205 g/mol. The van der Waals surface area contributed by atoms with Crippen LogP contribution in [0, 0.1) is 0 Å². The molecule has 0 radical (unpaired) electrons. The van der Waals surface area contributed by atoms with Gasteiger partial charge >= 0.3 is 0 Å². The summed E-state index contributed by atoms with van der Waals surface area (Å²) in [4.78, 5) is 0. The fraction of sp³-hybridized carbons (Fsp3) is 0.800. The lowest BCUT2D eigenvalue weighted by Gasteiger charge is -2.03. The van der Waals surface area contributed by atoms with Crippen molar-refractivity contribution in [1.29, 1.82) is 0 Å². The maximum Gasteiger partial charge on any atom is 0.0223 e. The summed E-state index contributed by atoms with van der Waals surface area (Å²) in [6.07, 6.45) is 4.88. The highest BCUT2D eigenvalue weighted by Gasteiger charge is 1.90. The van der Waals surface area contributed by atoms with E-state index in [0.29, 0.717) is 0 Å². The van der Waals surface area contributed by atoms with Gasteiger partial charge in [-0.25, -0.2) is 0 Å². The zero-order valence-corrected chi connectivity index (χ0v) is 9.79. The van der Waals surface area contributed by atoms with Crippen molar-refractivity contribution in [1.82, 2.24) is 5.32 Å². The van der Waals surface area contributed by atoms with Crippen molar-refractivity contribution in [2.45, 2.75) is 32.6 Å². The lowest BCUT2D eigenvalue weighted by molar-refractivity contribution is 0.617. The van der Waals surface area contributed by atoms with E-state index in [9.17, 15) is 0 Å². The van der Waals surface area contributed by atoms with Crippen molar-refractivity contribution in [3.05, 3.63) is 11.1 Å². The van der Waals surface area contributed by atoms with Gasteiger partial charge in [-0.1, -0.05) is 24.4 Å². The van der Waals surface area contributed by atoms with Crippen LogP contribution in [0.25, 0.3) is 0 Å². The minimum Gasteiger partial charge on any atom is -0.313 e. The molecule has 0 rings (SSSR count). The molecule has 0 aliphatic rings. The van der Waals surface area contributed by atoms with Crippen LogP contribution in [-0.4, -0.2) is 19.0 Å². The number of nitrogens with one attached hydrogen (secondary N) is 1. The third-order valence-electron chi connectivity index (χ3n) is 1.83. The smallest absolute Gasteiger partial charge is 0.0223 e. The van der Waals surface area contributed by atoms with Gasteiger partial charge < -0.3 is 5.32 Å². The quantitative estimate of drug-likeness (QED) is 0.491. The molecule has 0 aromatic heterocycles. The molecule has 0 amide bonds. The predicted molar refractivity (Wildman–Crippen MR) is 61.7 cm³/mol. The standard InChI is InChI=1S/C10H19Cl2N/c1-10(8-12)9-13-7-5-3-2-4-6-11/h8,13H,2-7,9H2,1H3. The molecule has 0 fully saturated rings. The SMILES string of the molecule is CC(=CCl)CNCCCCCCCl. The van der Waals surface area contributed by atoms with Gasteiger partial charge in [-0.2, -0.15) is 0 Å². The normalized spacial score (nSPS) is 12.1. The molecule has 0 saturated heterocycles. The fourth-order valence-electron chi connectivity index (χ4n) is 1.02. The predicted octanol–water partition coefficient (Wildman–Crippen LogP) is 3.52. The summed E-state index contributed by atoms with van der Waals surface area (Å²) in [6.45, 7) is 4.00. The molecule has 3 heteroatoms. The van der Waals surface area contributed by atoms with Gasteiger partial charge in [-0.15, -0.1) is 11.6 Å². The number of alkyl halides is 1. The largest absolute Gasteiger partial charge is 0.313 e. The van der Waals surface area contributed by atoms with E-state index < -0.39 is 0 Å². The lowest BCUT2D eigenvalue weighted by Crippen LogP contribution is -2.17. The summed E-state index contributed by atoms with van der Waals surface area (Å²) < 4.78 is 0. The number of hydrogen-bond acceptors (Lipinski definition) is 1. The third-order valence-corrected chi connectivity index (χ3v) is 2.47. The molecule has 0 unspecified atom stereocenters. The fourth-order valence-corrected chi connectivity index (χ4v) is 1.29. The first-order valence-electron chi connectivity index (χ1n) is 4.83. The lowest BCUT2D eigenvalue weighted by atomic mass is 10.2. The van der Waals surface area contributed by atoms with Gasteiger partial charge in [0.25, 0.3) is 0 Å². The first kappa shape index (κ1) is 13.3. The van der Waals surface area contributed by atoms with Crippen molar-refractivity contribution >= 4 is 23.2 Å². The first-order valence-corrected chi connectivity index (χ1v) is 5.81. The van der Waals surface area contributed by atoms with Crippen LogP contribution >= 0.6 is 23.2 Å². The van der Waals surface area contributed by atoms with Crippen molar-refractivity contribution in [3.8, 4) is 0 Å². The van der Waals surface area contributed by atoms with E-state index in [4.69, 9.17) is 23.2 Å². The second-order valence-electron chi connectivity index (χ2n) is 3.24. The van der Waals surface area contributed by atoms with Crippen LogP contribution in [0.5, 0.6) is 0 Å². The van der Waals surface area contributed by atoms with Gasteiger partial charge in [0.2, 0.25) is 0 Å². The third kappa shape index (κ3) is 10.2. The summed E-state index contributed by atoms with van der Waals surface area (Å²) in [5.41, 5.74) is 2.81. The van der Waals surface area contributed by atoms with Gasteiger partial charge in [0.15, 0.2) is 0 Å². The second kappa shape index (κ2) is 10.4. The average Bonchev–Trinajstić information content (AvgIpc) is 2.16. The Morgan fingerprint density at radius 2 is 1.92 bits per heavy atom. The van der Waals surface area contributed by atoms with Crippen LogP contribution in [0.1, 0.15) is 32.6 Å². The first-order chi connectivity index (χ1) is 6.31. The van der Waals surface area contributed by atoms with E-state index in [1.807, 2.05) is 6.92 Å². The summed E-state index contributed by atoms with van der Waals surface area (Å²) in [7, 11) is 0. The van der Waals surface area contributed by atoms with E-state index in [-0.39, 0.29) is 0 Å². The van der Waals surface area contributed by atoms with Crippen LogP contribution in [0.3, 0.4) is 0 Å². The van der Waals surface area contributed by atoms with E-state index in [1.54, 1.807) is 5.54 Å². The monoisotopic (exact) mass is 223 g/mol. The van der Waals surface area contributed by atoms with Crippen molar-refractivity contribution < 1.29 is 0 Å². The summed E-state index contributed by atoms with van der Waals surface area (Å²) >= 11 is 11.1. The molecule has 0 aromatic rings. The molecule has 0 saturated carbocycles. The van der Waals surface area contributed by atoms with Crippen molar-refractivity contribution in [2.75, 3.05) is 19.0 Å². The van der Waals surface area contributed by atoms with Gasteiger partial charge in [-0.3, -0.25) is 0 Å². The maximum atomic E-state index is 5.56. The van der Waals surface area contributed by atoms with Gasteiger partial charge in [-0.05, 0) is 31.9 Å². The zero-order chi connectivity index (χ0) is 9.94. The highest BCUT2D eigenvalue weighted by atomic mass is 35.5. The van der Waals surface area contributed by atoms with E-state index in [1.165, 1.54) is 24.8 Å². The number of halogens is 2. The molecule has 0 aromatic carbocycles. The molecule has 0 aliphatic carbocycles. The molecule has 0 heterocycles. The topological polar surface area (TPSA) is 12.0 Å². The molecule has 1 N–H and O–H groups in total. The van der Waals surface area contributed by atoms with Crippen LogP contribution in [0.15, 0.2) is 11.1 Å². The highest BCUT2D eigenvalue weighted by Crippen LogP contribution is 2.00. The number of unbranched alkanes of at least 4 members (excludes halogenated alkanes) is 3. The molecule has 0 atom stereocenters. The Bertz CT molecular complexity index is 135. The molecule has 78 valence electrons. The van der Waals surface area contributed by atoms with E-state index in [2.05, 4.69) is 5.32 Å². The van der Waals surface area contributed by atoms with Crippen LogP contribution in [0.4, 0.5) is 0 Å². The van der Waals surface area contributed by atoms with Crippen LogP contribution in [0.2, 0.25) is 0 Å². The number of rotatable bonds is 8. The Hall–Kier alpha value is 0.280. The minimum atomic E-state index is 0.793. The molecule has 13 heavy (non-hydrogen) atoms. The molecular formula is C10H19Cl2N. The Balaban J connectivity index is 3.00. The van der Waals surface area contributed by atoms with Crippen molar-refractivity contribution in [2.24, 2.45) is 0 Å². The zero-order valence-electron chi connectivity index (χ0n) is 8.28. The average molecular weight is 224 g/mol. The summed E-state index contributed by atoms with van der Waals surface area (Å²) in [6, 6.07) is 0. The maximum absolute atomic E-state index is 5.56. The van der Waals surface area contributed by atoms with Crippen LogP contribution < -0.4 is 5.32 Å². The van der Waals surface area contributed by atoms with E-state index >= 15 is 0 Å². The second-order valence-corrected chi connectivity index (χ2v) is 3.83. The Kier molecular flexibility index (Phi) is 10.6. The van der Waals surface area contributed by atoms with Crippen molar-refractivity contribution in [3.63, 3.8) is 0 Å². The summed E-state index contributed by atoms with van der Waals surface area (Å²) in [5, 5.41) is 3.33. The van der Waals surface area contributed by atoms with Gasteiger partial charge in [0.1, 0.15) is 0 Å². The van der Waals surface area contributed by atoms with E-state index in [0.717, 1.165) is 25.4 Å². The van der Waals surface area contributed by atoms with Gasteiger partial charge in [0.05, 0.1) is 0 Å². The van der Waals surface area contributed by atoms with Gasteiger partial charge in [0, 0.05) is 18.0 Å². The minimum absolute atomic E-state index is 0.793.